The maximum Gasteiger partial charge on any atom is 0.328 e. The topological polar surface area (TPSA) is 67.8 Å². The van der Waals surface area contributed by atoms with Gasteiger partial charge in [-0.3, -0.25) is 14.3 Å². The van der Waals surface area contributed by atoms with Crippen molar-refractivity contribution < 1.29 is 0 Å². The fourth-order valence-electron chi connectivity index (χ4n) is 2.05. The Hall–Kier alpha value is -1.88. The van der Waals surface area contributed by atoms with Gasteiger partial charge in [-0.1, -0.05) is 13.0 Å². The highest BCUT2D eigenvalue weighted by molar-refractivity contribution is 6.17. The Bertz CT molecular complexity index is 679. The zero-order chi connectivity index (χ0) is 14.5. The van der Waals surface area contributed by atoms with Crippen LogP contribution in [0.4, 0.5) is 0 Å². The lowest BCUT2D eigenvalue weighted by atomic mass is 10.00. The van der Waals surface area contributed by atoms with E-state index in [0.717, 1.165) is 5.69 Å². The highest BCUT2D eigenvalue weighted by Gasteiger charge is 2.16. The lowest BCUT2D eigenvalue weighted by Crippen LogP contribution is -2.37. The van der Waals surface area contributed by atoms with Gasteiger partial charge in [0, 0.05) is 42.0 Å². The molecular weight excluding hydrogens is 278 g/mol. The quantitative estimate of drug-likeness (QED) is 0.853. The van der Waals surface area contributed by atoms with Gasteiger partial charge in [-0.15, -0.1) is 11.6 Å². The van der Waals surface area contributed by atoms with Gasteiger partial charge in [0.2, 0.25) is 0 Å². The number of rotatable bonds is 5. The zero-order valence-electron chi connectivity index (χ0n) is 11.2. The van der Waals surface area contributed by atoms with Crippen molar-refractivity contribution >= 4 is 11.6 Å². The normalized spacial score (nSPS) is 12.3. The average molecular weight is 294 g/mol. The first-order valence-corrected chi connectivity index (χ1v) is 6.98. The van der Waals surface area contributed by atoms with Crippen LogP contribution in [0, 0.1) is 0 Å². The predicted molar refractivity (Wildman–Crippen MR) is 78.4 cm³/mol. The van der Waals surface area contributed by atoms with Crippen LogP contribution in [0.3, 0.4) is 0 Å². The van der Waals surface area contributed by atoms with Crippen molar-refractivity contribution in [2.24, 2.45) is 0 Å². The maximum atomic E-state index is 12.4. The Morgan fingerprint density at radius 3 is 2.85 bits per heavy atom. The monoisotopic (exact) mass is 293 g/mol. The molecule has 0 spiro atoms. The first-order chi connectivity index (χ1) is 9.65. The van der Waals surface area contributed by atoms with Crippen molar-refractivity contribution in [3.05, 3.63) is 62.7 Å². The molecule has 0 amide bonds. The molecule has 6 heteroatoms. The molecule has 2 aromatic heterocycles. The summed E-state index contributed by atoms with van der Waals surface area (Å²) < 4.78 is 1.19. The van der Waals surface area contributed by atoms with Crippen LogP contribution in [0.25, 0.3) is 0 Å². The molecule has 0 saturated carbocycles. The van der Waals surface area contributed by atoms with Gasteiger partial charge in [0.15, 0.2) is 0 Å². The summed E-state index contributed by atoms with van der Waals surface area (Å²) >= 11 is 5.62. The molecule has 1 N–H and O–H groups in total. The summed E-state index contributed by atoms with van der Waals surface area (Å²) in [4.78, 5) is 30.9. The summed E-state index contributed by atoms with van der Waals surface area (Å²) in [6.07, 6.45) is 3.73. The van der Waals surface area contributed by atoms with E-state index in [9.17, 15) is 9.59 Å². The average Bonchev–Trinajstić information content (AvgIpc) is 2.47. The van der Waals surface area contributed by atoms with E-state index < -0.39 is 5.69 Å². The van der Waals surface area contributed by atoms with E-state index in [4.69, 9.17) is 11.6 Å². The van der Waals surface area contributed by atoms with E-state index in [1.807, 2.05) is 25.1 Å². The van der Waals surface area contributed by atoms with Crippen LogP contribution in [-0.4, -0.2) is 20.4 Å². The van der Waals surface area contributed by atoms with E-state index in [1.165, 1.54) is 10.8 Å². The Kier molecular flexibility index (Phi) is 4.74. The number of nitrogens with zero attached hydrogens (tertiary/aromatic N) is 2. The summed E-state index contributed by atoms with van der Waals surface area (Å²) in [5.41, 5.74) is 0.632. The van der Waals surface area contributed by atoms with Crippen LogP contribution in [0.5, 0.6) is 0 Å². The fourth-order valence-corrected chi connectivity index (χ4v) is 2.17. The summed E-state index contributed by atoms with van der Waals surface area (Å²) in [5.74, 6) is 0.231. The fraction of sp³-hybridized carbons (Fsp3) is 0.357. The molecule has 2 aromatic rings. The minimum absolute atomic E-state index is 0.178. The highest BCUT2D eigenvalue weighted by Crippen LogP contribution is 2.17. The highest BCUT2D eigenvalue weighted by atomic mass is 35.5. The van der Waals surface area contributed by atoms with Crippen LogP contribution in [0.15, 0.2) is 40.2 Å². The van der Waals surface area contributed by atoms with Gasteiger partial charge in [0.25, 0.3) is 5.56 Å². The number of pyridine rings is 1. The molecule has 0 aromatic carbocycles. The van der Waals surface area contributed by atoms with Crippen LogP contribution in [-0.2, 0) is 6.54 Å². The summed E-state index contributed by atoms with van der Waals surface area (Å²) in [5, 5.41) is 0. The van der Waals surface area contributed by atoms with Crippen LogP contribution in [0.1, 0.15) is 30.5 Å². The molecule has 0 bridgehead atoms. The molecular formula is C14H16ClN3O2. The smallest absolute Gasteiger partial charge is 0.314 e. The van der Waals surface area contributed by atoms with E-state index in [0.29, 0.717) is 24.4 Å². The van der Waals surface area contributed by atoms with E-state index >= 15 is 0 Å². The Morgan fingerprint density at radius 2 is 2.20 bits per heavy atom. The number of halogens is 1. The Labute approximate surface area is 121 Å². The first kappa shape index (κ1) is 14.5. The van der Waals surface area contributed by atoms with E-state index in [2.05, 4.69) is 9.97 Å². The SMILES string of the molecule is CC(c1ccccn1)c1c[nH]c(=O)n(CCCCl)c1=O. The van der Waals surface area contributed by atoms with Crippen molar-refractivity contribution in [1.82, 2.24) is 14.5 Å². The van der Waals surface area contributed by atoms with Crippen molar-refractivity contribution in [2.45, 2.75) is 25.8 Å². The minimum Gasteiger partial charge on any atom is -0.314 e. The van der Waals surface area contributed by atoms with Crippen molar-refractivity contribution in [1.29, 1.82) is 0 Å². The first-order valence-electron chi connectivity index (χ1n) is 6.44. The van der Waals surface area contributed by atoms with Crippen LogP contribution < -0.4 is 11.2 Å². The molecule has 106 valence electrons. The number of aromatic amines is 1. The number of nitrogens with one attached hydrogen (secondary N) is 1. The molecule has 2 rings (SSSR count). The molecule has 0 radical (unpaired) electrons. The largest absolute Gasteiger partial charge is 0.328 e. The van der Waals surface area contributed by atoms with Crippen molar-refractivity contribution in [3.8, 4) is 0 Å². The summed E-state index contributed by atoms with van der Waals surface area (Å²) in [6.45, 7) is 2.21. The van der Waals surface area contributed by atoms with E-state index in [1.54, 1.807) is 6.20 Å². The number of hydrogen-bond donors (Lipinski definition) is 1. The van der Waals surface area contributed by atoms with Gasteiger partial charge in [-0.2, -0.15) is 0 Å². The second-order valence-electron chi connectivity index (χ2n) is 4.52. The third-order valence-corrected chi connectivity index (χ3v) is 3.47. The molecule has 1 atom stereocenters. The van der Waals surface area contributed by atoms with Gasteiger partial charge < -0.3 is 4.98 Å². The third-order valence-electron chi connectivity index (χ3n) is 3.20. The standard InChI is InChI=1S/C14H16ClN3O2/c1-10(12-5-2-3-7-16-12)11-9-17-14(20)18(13(11)19)8-4-6-15/h2-3,5,7,9-10H,4,6,8H2,1H3,(H,17,20). The molecule has 1 unspecified atom stereocenters. The van der Waals surface area contributed by atoms with Gasteiger partial charge in [0.1, 0.15) is 0 Å². The number of hydrogen-bond acceptors (Lipinski definition) is 3. The second-order valence-corrected chi connectivity index (χ2v) is 4.90. The lowest BCUT2D eigenvalue weighted by Gasteiger charge is -2.12. The lowest BCUT2D eigenvalue weighted by molar-refractivity contribution is 0.604. The Balaban J connectivity index is 2.43. The van der Waals surface area contributed by atoms with Crippen LogP contribution in [0.2, 0.25) is 0 Å². The summed E-state index contributed by atoms with van der Waals surface area (Å²) in [6, 6.07) is 5.55. The third kappa shape index (κ3) is 2.99. The van der Waals surface area contributed by atoms with Crippen molar-refractivity contribution in [2.75, 3.05) is 5.88 Å². The molecule has 20 heavy (non-hydrogen) atoms. The molecule has 0 aliphatic rings. The molecule has 0 saturated heterocycles. The van der Waals surface area contributed by atoms with Crippen molar-refractivity contribution in [3.63, 3.8) is 0 Å². The molecule has 0 fully saturated rings. The Morgan fingerprint density at radius 1 is 1.40 bits per heavy atom. The molecule has 2 heterocycles. The minimum atomic E-state index is -0.405. The van der Waals surface area contributed by atoms with Gasteiger partial charge in [0.05, 0.1) is 0 Å². The maximum absolute atomic E-state index is 12.4. The summed E-state index contributed by atoms with van der Waals surface area (Å²) in [7, 11) is 0. The zero-order valence-corrected chi connectivity index (χ0v) is 11.9. The van der Waals surface area contributed by atoms with Gasteiger partial charge in [-0.25, -0.2) is 4.79 Å². The van der Waals surface area contributed by atoms with Gasteiger partial charge in [-0.05, 0) is 18.6 Å². The van der Waals surface area contributed by atoms with Crippen LogP contribution >= 0.6 is 11.6 Å². The number of H-pyrrole nitrogens is 1. The molecule has 5 nitrogen and oxygen atoms in total. The number of aromatic nitrogens is 3. The molecule has 0 aliphatic carbocycles. The number of alkyl halides is 1. The van der Waals surface area contributed by atoms with Gasteiger partial charge >= 0.3 is 5.69 Å². The van der Waals surface area contributed by atoms with E-state index in [-0.39, 0.29) is 11.5 Å². The predicted octanol–water partition coefficient (Wildman–Crippen LogP) is 1.71. The molecule has 0 aliphatic heterocycles. The second kappa shape index (κ2) is 6.52.